The second kappa shape index (κ2) is 9.06. The summed E-state index contributed by atoms with van der Waals surface area (Å²) >= 11 is 6.75. The maximum absolute atomic E-state index is 12.8. The van der Waals surface area contributed by atoms with Gasteiger partial charge in [-0.25, -0.2) is 0 Å². The fourth-order valence-corrected chi connectivity index (χ4v) is 4.17. The minimum atomic E-state index is -0.0528. The molecule has 0 atom stereocenters. The standard InChI is InChI=1S/C21H21NO3S2/c1-24-17-10-11-18(25-2)16(13-17)14-19-20(23)22(21(26)27-19)12-6-9-15-7-4-3-5-8-15/h3-5,7-8,10-11,13-14H,6,9,12H2,1-2H3. The summed E-state index contributed by atoms with van der Waals surface area (Å²) in [6.45, 7) is 0.617. The number of ether oxygens (including phenoxy) is 2. The van der Waals surface area contributed by atoms with Crippen LogP contribution >= 0.6 is 24.0 Å². The number of benzene rings is 2. The Balaban J connectivity index is 1.71. The van der Waals surface area contributed by atoms with Gasteiger partial charge in [-0.2, -0.15) is 0 Å². The molecule has 1 fully saturated rings. The molecule has 0 unspecified atom stereocenters. The first-order valence-corrected chi connectivity index (χ1v) is 9.86. The van der Waals surface area contributed by atoms with E-state index in [9.17, 15) is 4.79 Å². The van der Waals surface area contributed by atoms with E-state index < -0.39 is 0 Å². The number of carbonyl (C=O) groups is 1. The molecule has 0 saturated carbocycles. The van der Waals surface area contributed by atoms with Crippen LogP contribution in [0, 0.1) is 0 Å². The monoisotopic (exact) mass is 399 g/mol. The van der Waals surface area contributed by atoms with E-state index in [1.54, 1.807) is 19.1 Å². The van der Waals surface area contributed by atoms with Crippen LogP contribution in [0.3, 0.4) is 0 Å². The van der Waals surface area contributed by atoms with Crippen LogP contribution in [0.4, 0.5) is 0 Å². The SMILES string of the molecule is COc1ccc(OC)c(C=C2SC(=S)N(CCCc3ccccc3)C2=O)c1. The van der Waals surface area contributed by atoms with E-state index in [-0.39, 0.29) is 5.91 Å². The lowest BCUT2D eigenvalue weighted by molar-refractivity contribution is -0.122. The van der Waals surface area contributed by atoms with Crippen LogP contribution in [0.2, 0.25) is 0 Å². The fourth-order valence-electron chi connectivity index (χ4n) is 2.87. The Kier molecular flexibility index (Phi) is 6.53. The molecular formula is C21H21NO3S2. The zero-order valence-electron chi connectivity index (χ0n) is 15.3. The van der Waals surface area contributed by atoms with Crippen LogP contribution in [-0.4, -0.2) is 35.9 Å². The molecule has 140 valence electrons. The third-order valence-electron chi connectivity index (χ3n) is 4.29. The van der Waals surface area contributed by atoms with E-state index in [1.165, 1.54) is 17.3 Å². The molecule has 1 aliphatic heterocycles. The highest BCUT2D eigenvalue weighted by Crippen LogP contribution is 2.35. The summed E-state index contributed by atoms with van der Waals surface area (Å²) in [5.41, 5.74) is 2.06. The highest BCUT2D eigenvalue weighted by atomic mass is 32.2. The largest absolute Gasteiger partial charge is 0.497 e. The van der Waals surface area contributed by atoms with Gasteiger partial charge in [-0.1, -0.05) is 54.3 Å². The summed E-state index contributed by atoms with van der Waals surface area (Å²) in [6.07, 6.45) is 3.60. The summed E-state index contributed by atoms with van der Waals surface area (Å²) in [5.74, 6) is 1.34. The van der Waals surface area contributed by atoms with Crippen LogP contribution in [-0.2, 0) is 11.2 Å². The number of amides is 1. The number of hydrogen-bond donors (Lipinski definition) is 0. The van der Waals surface area contributed by atoms with E-state index in [1.807, 2.05) is 42.5 Å². The van der Waals surface area contributed by atoms with E-state index >= 15 is 0 Å². The second-order valence-electron chi connectivity index (χ2n) is 6.03. The van der Waals surface area contributed by atoms with Crippen molar-refractivity contribution in [2.75, 3.05) is 20.8 Å². The lowest BCUT2D eigenvalue weighted by Gasteiger charge is -2.14. The van der Waals surface area contributed by atoms with Gasteiger partial charge in [-0.15, -0.1) is 0 Å². The second-order valence-corrected chi connectivity index (χ2v) is 7.71. The van der Waals surface area contributed by atoms with Gasteiger partial charge in [0.2, 0.25) is 0 Å². The van der Waals surface area contributed by atoms with Crippen molar-refractivity contribution in [3.8, 4) is 11.5 Å². The van der Waals surface area contributed by atoms with Crippen molar-refractivity contribution < 1.29 is 14.3 Å². The van der Waals surface area contributed by atoms with E-state index in [0.29, 0.717) is 27.3 Å². The number of hydrogen-bond acceptors (Lipinski definition) is 5. The zero-order valence-corrected chi connectivity index (χ0v) is 16.9. The average molecular weight is 400 g/mol. The Bertz CT molecular complexity index is 865. The Hall–Kier alpha value is -2.31. The highest BCUT2D eigenvalue weighted by Gasteiger charge is 2.31. The molecule has 1 heterocycles. The molecule has 0 aromatic heterocycles. The Labute approximate surface area is 169 Å². The van der Waals surface area contributed by atoms with Crippen molar-refractivity contribution in [3.05, 3.63) is 64.6 Å². The number of rotatable bonds is 7. The Morgan fingerprint density at radius 1 is 1.11 bits per heavy atom. The van der Waals surface area contributed by atoms with Crippen molar-refractivity contribution >= 4 is 40.3 Å². The van der Waals surface area contributed by atoms with E-state index in [2.05, 4.69) is 12.1 Å². The quantitative estimate of drug-likeness (QED) is 0.505. The molecule has 4 nitrogen and oxygen atoms in total. The molecule has 2 aromatic rings. The number of methoxy groups -OCH3 is 2. The van der Waals surface area contributed by atoms with Gasteiger partial charge < -0.3 is 9.47 Å². The van der Waals surface area contributed by atoms with Crippen LogP contribution in [0.5, 0.6) is 11.5 Å². The molecule has 3 rings (SSSR count). The molecule has 0 radical (unpaired) electrons. The third kappa shape index (κ3) is 4.70. The van der Waals surface area contributed by atoms with Crippen LogP contribution < -0.4 is 9.47 Å². The minimum Gasteiger partial charge on any atom is -0.497 e. The predicted molar refractivity (Wildman–Crippen MR) is 114 cm³/mol. The number of thioether (sulfide) groups is 1. The first kappa shape index (κ1) is 19.5. The van der Waals surface area contributed by atoms with Gasteiger partial charge in [0, 0.05) is 12.1 Å². The van der Waals surface area contributed by atoms with E-state index in [0.717, 1.165) is 18.4 Å². The highest BCUT2D eigenvalue weighted by molar-refractivity contribution is 8.26. The zero-order chi connectivity index (χ0) is 19.2. The Morgan fingerprint density at radius 3 is 2.59 bits per heavy atom. The molecular weight excluding hydrogens is 378 g/mol. The van der Waals surface area contributed by atoms with Crippen molar-refractivity contribution in [3.63, 3.8) is 0 Å². The number of nitrogens with zero attached hydrogens (tertiary/aromatic N) is 1. The molecule has 1 amide bonds. The van der Waals surface area contributed by atoms with Gasteiger partial charge in [0.15, 0.2) is 0 Å². The summed E-state index contributed by atoms with van der Waals surface area (Å²) in [5, 5.41) is 0. The Morgan fingerprint density at radius 2 is 1.89 bits per heavy atom. The van der Waals surface area contributed by atoms with Gasteiger partial charge >= 0.3 is 0 Å². The fraction of sp³-hybridized carbons (Fsp3) is 0.238. The van der Waals surface area contributed by atoms with Gasteiger partial charge in [0.25, 0.3) is 5.91 Å². The van der Waals surface area contributed by atoms with Gasteiger partial charge in [0.1, 0.15) is 15.8 Å². The number of aryl methyl sites for hydroxylation is 1. The van der Waals surface area contributed by atoms with Gasteiger partial charge in [-0.05, 0) is 42.7 Å². The number of carbonyl (C=O) groups excluding carboxylic acids is 1. The molecule has 27 heavy (non-hydrogen) atoms. The molecule has 2 aromatic carbocycles. The lowest BCUT2D eigenvalue weighted by atomic mass is 10.1. The molecule has 0 spiro atoms. The van der Waals surface area contributed by atoms with Crippen molar-refractivity contribution in [2.24, 2.45) is 0 Å². The van der Waals surface area contributed by atoms with Gasteiger partial charge in [0.05, 0.1) is 19.1 Å². The van der Waals surface area contributed by atoms with Gasteiger partial charge in [-0.3, -0.25) is 9.69 Å². The predicted octanol–water partition coefficient (Wildman–Crippen LogP) is 4.54. The maximum atomic E-state index is 12.8. The first-order valence-electron chi connectivity index (χ1n) is 8.63. The third-order valence-corrected chi connectivity index (χ3v) is 5.66. The molecule has 1 saturated heterocycles. The number of thiocarbonyl (C=S) groups is 1. The molecule has 1 aliphatic rings. The van der Waals surface area contributed by atoms with Crippen LogP contribution in [0.15, 0.2) is 53.4 Å². The molecule has 0 bridgehead atoms. The normalized spacial score (nSPS) is 15.5. The first-order chi connectivity index (χ1) is 13.1. The summed E-state index contributed by atoms with van der Waals surface area (Å²) in [7, 11) is 3.21. The smallest absolute Gasteiger partial charge is 0.266 e. The lowest BCUT2D eigenvalue weighted by Crippen LogP contribution is -2.29. The van der Waals surface area contributed by atoms with Crippen molar-refractivity contribution in [1.29, 1.82) is 0 Å². The van der Waals surface area contributed by atoms with E-state index in [4.69, 9.17) is 21.7 Å². The summed E-state index contributed by atoms with van der Waals surface area (Å²) in [6, 6.07) is 15.7. The topological polar surface area (TPSA) is 38.8 Å². The summed E-state index contributed by atoms with van der Waals surface area (Å²) < 4.78 is 11.3. The van der Waals surface area contributed by atoms with Crippen molar-refractivity contribution in [2.45, 2.75) is 12.8 Å². The molecule has 0 aliphatic carbocycles. The maximum Gasteiger partial charge on any atom is 0.266 e. The van der Waals surface area contributed by atoms with Crippen molar-refractivity contribution in [1.82, 2.24) is 4.90 Å². The average Bonchev–Trinajstić information content (AvgIpc) is 2.96. The summed E-state index contributed by atoms with van der Waals surface area (Å²) in [4.78, 5) is 15.1. The minimum absolute atomic E-state index is 0.0528. The molecule has 0 N–H and O–H groups in total. The van der Waals surface area contributed by atoms with Crippen LogP contribution in [0.1, 0.15) is 17.5 Å². The van der Waals surface area contributed by atoms with Crippen LogP contribution in [0.25, 0.3) is 6.08 Å². The molecule has 6 heteroatoms.